The Morgan fingerprint density at radius 1 is 1.10 bits per heavy atom. The van der Waals surface area contributed by atoms with Crippen molar-refractivity contribution in [2.75, 3.05) is 4.90 Å². The molecule has 1 aliphatic carbocycles. The minimum Gasteiger partial charge on any atom is -0.438 e. The molecule has 40 heavy (non-hydrogen) atoms. The fraction of sp³-hybridized carbons (Fsp3) is 0.444. The summed E-state index contributed by atoms with van der Waals surface area (Å²) in [5.41, 5.74) is -1.32. The summed E-state index contributed by atoms with van der Waals surface area (Å²) in [6, 6.07) is 2.01. The van der Waals surface area contributed by atoms with Crippen molar-refractivity contribution in [2.24, 2.45) is 11.8 Å². The number of ether oxygens (including phenoxy) is 2. The van der Waals surface area contributed by atoms with Gasteiger partial charge in [-0.05, 0) is 57.1 Å². The number of carbonyl (C=O) groups is 2. The highest BCUT2D eigenvalue weighted by atomic mass is 19.4. The Labute approximate surface area is 227 Å². The van der Waals surface area contributed by atoms with Crippen LogP contribution in [0.15, 0.2) is 36.8 Å². The van der Waals surface area contributed by atoms with E-state index in [-0.39, 0.29) is 28.6 Å². The van der Waals surface area contributed by atoms with Gasteiger partial charge in [0.2, 0.25) is 11.8 Å². The summed E-state index contributed by atoms with van der Waals surface area (Å²) in [4.78, 5) is 32.4. The molecule has 1 fully saturated rings. The third-order valence-electron chi connectivity index (χ3n) is 7.42. The van der Waals surface area contributed by atoms with Gasteiger partial charge in [-0.25, -0.2) is 14.2 Å². The summed E-state index contributed by atoms with van der Waals surface area (Å²) in [6.07, 6.45) is 1.12. The molecule has 0 saturated heterocycles. The number of halogens is 4. The van der Waals surface area contributed by atoms with Gasteiger partial charge < -0.3 is 9.47 Å². The topological polar surface area (TPSA) is 99.4 Å². The van der Waals surface area contributed by atoms with E-state index in [1.165, 1.54) is 29.0 Å². The van der Waals surface area contributed by atoms with Crippen LogP contribution in [-0.4, -0.2) is 38.1 Å². The van der Waals surface area contributed by atoms with Gasteiger partial charge in [0.25, 0.3) is 0 Å². The molecule has 13 heteroatoms. The predicted molar refractivity (Wildman–Crippen MR) is 133 cm³/mol. The van der Waals surface area contributed by atoms with Crippen molar-refractivity contribution in [3.63, 3.8) is 0 Å². The third-order valence-corrected chi connectivity index (χ3v) is 7.42. The molecular formula is C27H27F4N5O4. The fourth-order valence-corrected chi connectivity index (χ4v) is 5.10. The lowest BCUT2D eigenvalue weighted by molar-refractivity contribution is -0.139. The van der Waals surface area contributed by atoms with Crippen molar-refractivity contribution in [1.82, 2.24) is 20.0 Å². The molecule has 1 aliphatic heterocycles. The SMILES string of the molecule is CC1CCC(C(=O)N2c3cc(F)c(Oc4ncc(C(C)n5nccn5)cc4C(F)(F)F)cc3C(=O)OC2C)CC1. The van der Waals surface area contributed by atoms with Gasteiger partial charge in [-0.15, -0.1) is 0 Å². The van der Waals surface area contributed by atoms with Crippen LogP contribution in [0.5, 0.6) is 11.6 Å². The van der Waals surface area contributed by atoms with Crippen LogP contribution < -0.4 is 9.64 Å². The molecule has 0 spiro atoms. The van der Waals surface area contributed by atoms with Crippen molar-refractivity contribution in [1.29, 1.82) is 0 Å². The largest absolute Gasteiger partial charge is 0.438 e. The van der Waals surface area contributed by atoms with Gasteiger partial charge in [-0.1, -0.05) is 6.92 Å². The molecule has 2 unspecified atom stereocenters. The minimum atomic E-state index is -4.89. The third kappa shape index (κ3) is 5.24. The quantitative estimate of drug-likeness (QED) is 0.282. The highest BCUT2D eigenvalue weighted by Crippen LogP contribution is 2.42. The van der Waals surface area contributed by atoms with E-state index in [1.54, 1.807) is 6.92 Å². The maximum absolute atomic E-state index is 15.3. The lowest BCUT2D eigenvalue weighted by Crippen LogP contribution is -2.48. The summed E-state index contributed by atoms with van der Waals surface area (Å²) < 4.78 is 67.9. The van der Waals surface area contributed by atoms with Crippen molar-refractivity contribution in [3.05, 3.63) is 59.3 Å². The fourth-order valence-electron chi connectivity index (χ4n) is 5.10. The molecular weight excluding hydrogens is 534 g/mol. The Kier molecular flexibility index (Phi) is 7.23. The second-order valence-electron chi connectivity index (χ2n) is 10.2. The van der Waals surface area contributed by atoms with Crippen LogP contribution in [0.4, 0.5) is 23.2 Å². The molecule has 0 bridgehead atoms. The summed E-state index contributed by atoms with van der Waals surface area (Å²) in [5.74, 6) is -3.59. The van der Waals surface area contributed by atoms with Crippen molar-refractivity contribution in [3.8, 4) is 11.6 Å². The summed E-state index contributed by atoms with van der Waals surface area (Å²) >= 11 is 0. The van der Waals surface area contributed by atoms with Crippen LogP contribution in [0.3, 0.4) is 0 Å². The number of cyclic esters (lactones) is 1. The molecule has 2 aliphatic rings. The van der Waals surface area contributed by atoms with Gasteiger partial charge in [0.1, 0.15) is 5.56 Å². The standard InChI is InChI=1S/C27H27F4N5O4/c1-14-4-6-17(7-5-14)25(37)35-16(3)39-26(38)19-11-23(21(28)12-22(19)35)40-24-20(27(29,30)31)10-18(13-32-24)15(2)36-33-8-9-34-36/h8-17H,4-7H2,1-3H3. The molecule has 0 N–H and O–H groups in total. The zero-order chi connectivity index (χ0) is 28.8. The molecule has 9 nitrogen and oxygen atoms in total. The number of esters is 1. The monoisotopic (exact) mass is 561 g/mol. The van der Waals surface area contributed by atoms with E-state index in [0.717, 1.165) is 37.2 Å². The number of hydrogen-bond acceptors (Lipinski definition) is 7. The molecule has 1 saturated carbocycles. The summed E-state index contributed by atoms with van der Waals surface area (Å²) in [7, 11) is 0. The van der Waals surface area contributed by atoms with Crippen LogP contribution in [0, 0.1) is 17.7 Å². The molecule has 2 atom stereocenters. The molecule has 5 rings (SSSR count). The smallest absolute Gasteiger partial charge is 0.421 e. The van der Waals surface area contributed by atoms with Crippen LogP contribution >= 0.6 is 0 Å². The molecule has 3 heterocycles. The molecule has 1 aromatic carbocycles. The van der Waals surface area contributed by atoms with E-state index in [2.05, 4.69) is 22.1 Å². The highest BCUT2D eigenvalue weighted by Gasteiger charge is 2.40. The lowest BCUT2D eigenvalue weighted by Gasteiger charge is -2.37. The number of anilines is 1. The Hall–Kier alpha value is -4.03. The number of rotatable bonds is 5. The highest BCUT2D eigenvalue weighted by molar-refractivity contribution is 6.06. The number of pyridine rings is 1. The van der Waals surface area contributed by atoms with Crippen LogP contribution in [0.1, 0.15) is 74.0 Å². The second kappa shape index (κ2) is 10.5. The first-order valence-electron chi connectivity index (χ1n) is 12.9. The number of amides is 1. The van der Waals surface area contributed by atoms with Crippen molar-refractivity contribution >= 4 is 17.6 Å². The van der Waals surface area contributed by atoms with Gasteiger partial charge in [0.05, 0.1) is 29.7 Å². The maximum Gasteiger partial charge on any atom is 0.421 e. The summed E-state index contributed by atoms with van der Waals surface area (Å²) in [6.45, 7) is 5.21. The van der Waals surface area contributed by atoms with Crippen molar-refractivity contribution < 1.29 is 36.6 Å². The Bertz CT molecular complexity index is 1420. The van der Waals surface area contributed by atoms with Crippen LogP contribution in [0.2, 0.25) is 0 Å². The molecule has 212 valence electrons. The lowest BCUT2D eigenvalue weighted by atomic mass is 9.82. The normalized spacial score (nSPS) is 21.9. The predicted octanol–water partition coefficient (Wildman–Crippen LogP) is 5.91. The Morgan fingerprint density at radius 3 is 2.42 bits per heavy atom. The molecule has 2 aromatic heterocycles. The van der Waals surface area contributed by atoms with Crippen LogP contribution in [0.25, 0.3) is 0 Å². The average Bonchev–Trinajstić information content (AvgIpc) is 3.44. The number of carbonyl (C=O) groups excluding carboxylic acids is 2. The van der Waals surface area contributed by atoms with Crippen molar-refractivity contribution in [2.45, 2.75) is 64.9 Å². The Balaban J connectivity index is 1.48. The van der Waals surface area contributed by atoms with E-state index in [1.807, 2.05) is 0 Å². The number of fused-ring (bicyclic) bond motifs is 1. The first kappa shape index (κ1) is 27.5. The number of nitrogens with zero attached hydrogens (tertiary/aromatic N) is 5. The second-order valence-corrected chi connectivity index (χ2v) is 10.2. The summed E-state index contributed by atoms with van der Waals surface area (Å²) in [5, 5.41) is 7.87. The van der Waals surface area contributed by atoms with Gasteiger partial charge >= 0.3 is 12.1 Å². The van der Waals surface area contributed by atoms with Gasteiger partial charge in [-0.2, -0.15) is 28.2 Å². The van der Waals surface area contributed by atoms with E-state index in [9.17, 15) is 22.8 Å². The van der Waals surface area contributed by atoms with E-state index in [4.69, 9.17) is 9.47 Å². The van der Waals surface area contributed by atoms with E-state index >= 15 is 4.39 Å². The van der Waals surface area contributed by atoms with Gasteiger partial charge in [0, 0.05) is 24.2 Å². The zero-order valence-corrected chi connectivity index (χ0v) is 22.0. The number of benzene rings is 1. The number of alkyl halides is 3. The molecule has 3 aromatic rings. The van der Waals surface area contributed by atoms with Crippen LogP contribution in [-0.2, 0) is 15.7 Å². The van der Waals surface area contributed by atoms with Gasteiger partial charge in [0.15, 0.2) is 17.8 Å². The first-order chi connectivity index (χ1) is 18.9. The van der Waals surface area contributed by atoms with Gasteiger partial charge in [-0.3, -0.25) is 9.69 Å². The molecule has 1 amide bonds. The van der Waals surface area contributed by atoms with E-state index < -0.39 is 47.4 Å². The Morgan fingerprint density at radius 2 is 1.77 bits per heavy atom. The van der Waals surface area contributed by atoms with E-state index in [0.29, 0.717) is 18.8 Å². The number of aromatic nitrogens is 4. The minimum absolute atomic E-state index is 0.0166. The zero-order valence-electron chi connectivity index (χ0n) is 22.0. The maximum atomic E-state index is 15.3. The first-order valence-corrected chi connectivity index (χ1v) is 12.9. The molecule has 0 radical (unpaired) electrons. The number of hydrogen-bond donors (Lipinski definition) is 0. The average molecular weight is 562 g/mol.